The van der Waals surface area contributed by atoms with Gasteiger partial charge < -0.3 is 24.1 Å². The molecule has 244 valence electrons. The Kier molecular flexibility index (Phi) is 46.0. The van der Waals surface area contributed by atoms with Crippen LogP contribution >= 0.6 is 0 Å². The molecule has 41 heavy (non-hydrogen) atoms. The molecular formula is C36H74O4Zn. The van der Waals surface area contributed by atoms with Gasteiger partial charge in [0.1, 0.15) is 0 Å². The molecule has 0 radical (unpaired) electrons. The van der Waals surface area contributed by atoms with Crippen LogP contribution in [-0.4, -0.2) is 22.2 Å². The van der Waals surface area contributed by atoms with Crippen molar-refractivity contribution in [3.8, 4) is 0 Å². The summed E-state index contributed by atoms with van der Waals surface area (Å²) in [4.78, 5) is 20.3. The molecule has 0 aromatic carbocycles. The minimum Gasteiger partial charge on any atom is -0.481 e. The van der Waals surface area contributed by atoms with Crippen LogP contribution < -0.4 is 0 Å². The first kappa shape index (κ1) is 50.2. The summed E-state index contributed by atoms with van der Waals surface area (Å²) < 4.78 is 0. The predicted octanol–water partition coefficient (Wildman–Crippen LogP) is 12.5. The largest absolute Gasteiger partial charge is 2.00 e. The molecule has 0 heterocycles. The van der Waals surface area contributed by atoms with Gasteiger partial charge in [0, 0.05) is 12.8 Å². The van der Waals surface area contributed by atoms with Gasteiger partial charge >= 0.3 is 31.4 Å². The standard InChI is InChI=1S/2C10H20O2.2C8H17.Zn/c2*1-10(2,3)8-6-4-5-7-9(11)12;2*1-3-5-7-8-6-4-2;/h2*4-8H2,1-3H3,(H,11,12);2*1,3-8H2,2H3;/q;;2*-1;+2. The maximum absolute atomic E-state index is 10.2. The number of hydrogen-bond acceptors (Lipinski definition) is 2. The van der Waals surface area contributed by atoms with Gasteiger partial charge in [-0.15, -0.1) is 0 Å². The molecule has 2 N–H and O–H groups in total. The Morgan fingerprint density at radius 2 is 0.756 bits per heavy atom. The van der Waals surface area contributed by atoms with Crippen LogP contribution in [0, 0.1) is 24.7 Å². The predicted molar refractivity (Wildman–Crippen MR) is 178 cm³/mol. The van der Waals surface area contributed by atoms with Crippen molar-refractivity contribution < 1.29 is 39.3 Å². The summed E-state index contributed by atoms with van der Waals surface area (Å²) in [5.74, 6) is -1.35. The van der Waals surface area contributed by atoms with E-state index < -0.39 is 11.9 Å². The van der Waals surface area contributed by atoms with Crippen molar-refractivity contribution in [1.82, 2.24) is 0 Å². The second kappa shape index (κ2) is 37.6. The molecule has 0 amide bonds. The molecular weight excluding hydrogens is 562 g/mol. The second-order valence-corrected chi connectivity index (χ2v) is 13.6. The molecule has 0 saturated carbocycles. The van der Waals surface area contributed by atoms with Crippen LogP contribution in [0.4, 0.5) is 0 Å². The SMILES string of the molecule is CC(C)(C)CCCCCC(=O)O.CC(C)(C)CCCCCC(=O)O.[CH2-]CCCCCCC.[CH2-]CCCCCCC.[Zn+2]. The fourth-order valence-electron chi connectivity index (χ4n) is 3.78. The van der Waals surface area contributed by atoms with Gasteiger partial charge in [0.15, 0.2) is 0 Å². The summed E-state index contributed by atoms with van der Waals surface area (Å²) in [7, 11) is 0. The molecule has 0 aliphatic heterocycles. The second-order valence-electron chi connectivity index (χ2n) is 13.6. The number of hydrogen-bond donors (Lipinski definition) is 2. The zero-order valence-electron chi connectivity index (χ0n) is 29.4. The molecule has 5 heteroatoms. The molecule has 0 aliphatic rings. The van der Waals surface area contributed by atoms with E-state index in [-0.39, 0.29) is 19.5 Å². The molecule has 0 aromatic heterocycles. The van der Waals surface area contributed by atoms with Crippen LogP contribution in [0.2, 0.25) is 0 Å². The minimum absolute atomic E-state index is 0. The monoisotopic (exact) mass is 634 g/mol. The van der Waals surface area contributed by atoms with Crippen molar-refractivity contribution in [2.24, 2.45) is 10.8 Å². The van der Waals surface area contributed by atoms with E-state index >= 15 is 0 Å². The molecule has 0 fully saturated rings. The summed E-state index contributed by atoms with van der Waals surface area (Å²) in [5.41, 5.74) is 0.784. The molecule has 0 bridgehead atoms. The summed E-state index contributed by atoms with van der Waals surface area (Å²) in [6.07, 6.45) is 25.0. The van der Waals surface area contributed by atoms with Crippen LogP contribution in [0.3, 0.4) is 0 Å². The van der Waals surface area contributed by atoms with E-state index in [9.17, 15) is 9.59 Å². The maximum Gasteiger partial charge on any atom is 2.00 e. The quantitative estimate of drug-likeness (QED) is 0.0792. The van der Waals surface area contributed by atoms with Crippen LogP contribution in [0.1, 0.15) is 197 Å². The Morgan fingerprint density at radius 1 is 0.488 bits per heavy atom. The van der Waals surface area contributed by atoms with Gasteiger partial charge in [-0.25, -0.2) is 0 Å². The van der Waals surface area contributed by atoms with Crippen molar-refractivity contribution >= 4 is 11.9 Å². The van der Waals surface area contributed by atoms with Crippen molar-refractivity contribution in [2.45, 2.75) is 197 Å². The zero-order chi connectivity index (χ0) is 31.7. The third-order valence-corrected chi connectivity index (χ3v) is 6.34. The first-order valence-corrected chi connectivity index (χ1v) is 16.7. The summed E-state index contributed by atoms with van der Waals surface area (Å²) >= 11 is 0. The zero-order valence-corrected chi connectivity index (χ0v) is 32.4. The summed E-state index contributed by atoms with van der Waals surface area (Å²) in [6, 6.07) is 0. The third-order valence-electron chi connectivity index (χ3n) is 6.34. The number of carbonyl (C=O) groups is 2. The van der Waals surface area contributed by atoms with Gasteiger partial charge in [-0.1, -0.05) is 145 Å². The Labute approximate surface area is 271 Å². The molecule has 0 spiro atoms. The van der Waals surface area contributed by atoms with Gasteiger partial charge in [-0.3, -0.25) is 9.59 Å². The van der Waals surface area contributed by atoms with Crippen LogP contribution in [-0.2, 0) is 29.1 Å². The minimum atomic E-state index is -0.675. The van der Waals surface area contributed by atoms with E-state index in [4.69, 9.17) is 10.2 Å². The van der Waals surface area contributed by atoms with E-state index in [1.807, 2.05) is 0 Å². The van der Waals surface area contributed by atoms with E-state index in [0.717, 1.165) is 51.4 Å². The van der Waals surface area contributed by atoms with E-state index in [1.165, 1.54) is 77.0 Å². The Bertz CT molecular complexity index is 449. The topological polar surface area (TPSA) is 74.6 Å². The molecule has 0 aliphatic carbocycles. The summed E-state index contributed by atoms with van der Waals surface area (Å²) in [6.45, 7) is 25.3. The van der Waals surface area contributed by atoms with Crippen LogP contribution in [0.15, 0.2) is 0 Å². The van der Waals surface area contributed by atoms with Gasteiger partial charge in [-0.05, 0) is 36.5 Å². The molecule has 0 atom stereocenters. The first-order valence-electron chi connectivity index (χ1n) is 16.7. The Balaban J connectivity index is -0.000000142. The molecule has 0 aromatic rings. The maximum atomic E-state index is 10.2. The van der Waals surface area contributed by atoms with Gasteiger partial charge in [0.25, 0.3) is 0 Å². The van der Waals surface area contributed by atoms with Gasteiger partial charge in [-0.2, -0.15) is 12.8 Å². The van der Waals surface area contributed by atoms with E-state index in [2.05, 4.69) is 69.2 Å². The average Bonchev–Trinajstić information content (AvgIpc) is 2.84. The third kappa shape index (κ3) is 73.5. The van der Waals surface area contributed by atoms with Gasteiger partial charge in [0.2, 0.25) is 0 Å². The van der Waals surface area contributed by atoms with Crippen LogP contribution in [0.25, 0.3) is 0 Å². The molecule has 4 nitrogen and oxygen atoms in total. The Hall–Kier alpha value is -0.437. The number of aliphatic carboxylic acids is 2. The van der Waals surface area contributed by atoms with Gasteiger partial charge in [0.05, 0.1) is 0 Å². The van der Waals surface area contributed by atoms with E-state index in [1.54, 1.807) is 0 Å². The van der Waals surface area contributed by atoms with Crippen molar-refractivity contribution in [3.05, 3.63) is 13.8 Å². The first-order chi connectivity index (χ1) is 18.7. The van der Waals surface area contributed by atoms with Crippen molar-refractivity contribution in [3.63, 3.8) is 0 Å². The van der Waals surface area contributed by atoms with Crippen molar-refractivity contribution in [2.75, 3.05) is 0 Å². The molecule has 0 saturated heterocycles. The normalized spacial score (nSPS) is 10.6. The smallest absolute Gasteiger partial charge is 0.481 e. The van der Waals surface area contributed by atoms with E-state index in [0.29, 0.717) is 23.7 Å². The van der Waals surface area contributed by atoms with Crippen molar-refractivity contribution in [1.29, 1.82) is 0 Å². The number of unbranched alkanes of at least 4 members (excludes halogenated alkanes) is 14. The fourth-order valence-corrected chi connectivity index (χ4v) is 3.78. The summed E-state index contributed by atoms with van der Waals surface area (Å²) in [5, 5.41) is 16.7. The molecule has 0 unspecified atom stereocenters. The number of rotatable bonds is 20. The number of carboxylic acid groups (broad SMARTS) is 2. The molecule has 0 rings (SSSR count). The Morgan fingerprint density at radius 3 is 0.976 bits per heavy atom. The average molecular weight is 636 g/mol. The van der Waals surface area contributed by atoms with Crippen LogP contribution in [0.5, 0.6) is 0 Å². The fraction of sp³-hybridized carbons (Fsp3) is 0.889. The number of carboxylic acids is 2.